The normalized spacial score (nSPS) is 27.3. The smallest absolute Gasteiger partial charge is 0.308 e. The highest BCUT2D eigenvalue weighted by molar-refractivity contribution is 8.02. The molecule has 0 aromatic rings. The summed E-state index contributed by atoms with van der Waals surface area (Å²) in [6.45, 7) is 12.8. The summed E-state index contributed by atoms with van der Waals surface area (Å²) in [6, 6.07) is 0. The minimum absolute atomic E-state index is 0.113. The highest BCUT2D eigenvalue weighted by Crippen LogP contribution is 2.62. The average Bonchev–Trinajstić information content (AvgIpc) is 2.35. The van der Waals surface area contributed by atoms with Crippen LogP contribution in [0.15, 0.2) is 0 Å². The van der Waals surface area contributed by atoms with Gasteiger partial charge in [0.05, 0.1) is 18.1 Å². The van der Waals surface area contributed by atoms with Crippen LogP contribution in [0, 0.1) is 0 Å². The summed E-state index contributed by atoms with van der Waals surface area (Å²) in [7, 11) is -3.10. The van der Waals surface area contributed by atoms with Crippen molar-refractivity contribution in [2.75, 3.05) is 13.2 Å². The van der Waals surface area contributed by atoms with E-state index >= 15 is 0 Å². The van der Waals surface area contributed by atoms with Gasteiger partial charge in [-0.15, -0.1) is 11.8 Å². The summed E-state index contributed by atoms with van der Waals surface area (Å²) in [5, 5.41) is 3.38. The Hall–Kier alpha value is 0.460. The Morgan fingerprint density at radius 3 is 1.94 bits per heavy atom. The van der Waals surface area contributed by atoms with E-state index in [1.807, 2.05) is 13.8 Å². The van der Waals surface area contributed by atoms with Crippen LogP contribution in [0.1, 0.15) is 41.5 Å². The highest BCUT2D eigenvalue weighted by atomic mass is 32.2. The van der Waals surface area contributed by atoms with Crippen molar-refractivity contribution in [3.05, 3.63) is 0 Å². The van der Waals surface area contributed by atoms with E-state index in [9.17, 15) is 4.57 Å². The van der Waals surface area contributed by atoms with E-state index in [4.69, 9.17) is 9.05 Å². The van der Waals surface area contributed by atoms with Gasteiger partial charge >= 0.3 is 7.60 Å². The second kappa shape index (κ2) is 5.22. The van der Waals surface area contributed by atoms with E-state index in [1.165, 1.54) is 0 Å². The van der Waals surface area contributed by atoms with Gasteiger partial charge in [-0.25, -0.2) is 0 Å². The Labute approximate surface area is 109 Å². The molecule has 1 rings (SSSR count). The molecule has 0 aromatic carbocycles. The Morgan fingerprint density at radius 2 is 1.65 bits per heavy atom. The van der Waals surface area contributed by atoms with Crippen LogP contribution >= 0.6 is 19.4 Å². The van der Waals surface area contributed by atoms with Gasteiger partial charge in [0.25, 0.3) is 0 Å². The van der Waals surface area contributed by atoms with Crippen LogP contribution in [0.4, 0.5) is 0 Å². The van der Waals surface area contributed by atoms with E-state index < -0.39 is 7.60 Å². The third-order valence-corrected chi connectivity index (χ3v) is 6.80. The predicted molar refractivity (Wildman–Crippen MR) is 73.5 cm³/mol. The Balaban J connectivity index is 2.99. The molecule has 0 aliphatic carbocycles. The zero-order valence-corrected chi connectivity index (χ0v) is 13.3. The monoisotopic (exact) mass is 281 g/mol. The van der Waals surface area contributed by atoms with Gasteiger partial charge in [-0.3, -0.25) is 9.88 Å². The Bertz CT molecular complexity index is 310. The molecule has 1 unspecified atom stereocenters. The topological polar surface area (TPSA) is 47.6 Å². The third-order valence-electron chi connectivity index (χ3n) is 2.60. The van der Waals surface area contributed by atoms with Crippen molar-refractivity contribution in [2.45, 2.75) is 56.9 Å². The van der Waals surface area contributed by atoms with Crippen LogP contribution in [0.2, 0.25) is 0 Å². The van der Waals surface area contributed by atoms with Gasteiger partial charge in [0.15, 0.2) is 0 Å². The van der Waals surface area contributed by atoms with Crippen LogP contribution in [0.25, 0.3) is 0 Å². The lowest BCUT2D eigenvalue weighted by molar-refractivity contribution is 0.202. The fraction of sp³-hybridized carbons (Fsp3) is 1.00. The predicted octanol–water partition coefficient (Wildman–Crippen LogP) is 3.43. The minimum Gasteiger partial charge on any atom is -0.308 e. The van der Waals surface area contributed by atoms with Crippen molar-refractivity contribution < 1.29 is 13.6 Å². The first-order valence-corrected chi connectivity index (χ1v) is 8.46. The zero-order chi connectivity index (χ0) is 13.3. The Morgan fingerprint density at radius 1 is 1.18 bits per heavy atom. The standard InChI is InChI=1S/C11H24NO3PS/c1-7-14-16(13,15-8-2)9-10(3,4)17-11(5,6)12-9/h9,12H,7-8H2,1-6H3. The molecular weight excluding hydrogens is 257 g/mol. The number of hydrogen-bond donors (Lipinski definition) is 1. The van der Waals surface area contributed by atoms with E-state index in [0.717, 1.165) is 0 Å². The molecule has 0 radical (unpaired) electrons. The lowest BCUT2D eigenvalue weighted by Crippen LogP contribution is -2.41. The summed E-state index contributed by atoms with van der Waals surface area (Å²) in [5.74, 6) is -0.269. The lowest BCUT2D eigenvalue weighted by atomic mass is 10.2. The molecule has 6 heteroatoms. The van der Waals surface area contributed by atoms with Crippen molar-refractivity contribution in [1.82, 2.24) is 5.32 Å². The average molecular weight is 281 g/mol. The van der Waals surface area contributed by atoms with Crippen LogP contribution in [0.3, 0.4) is 0 Å². The maximum atomic E-state index is 12.8. The quantitative estimate of drug-likeness (QED) is 0.782. The highest BCUT2D eigenvalue weighted by Gasteiger charge is 2.55. The first-order valence-electron chi connectivity index (χ1n) is 6.03. The second-order valence-corrected chi connectivity index (χ2v) is 9.53. The molecule has 0 saturated carbocycles. The summed E-state index contributed by atoms with van der Waals surface area (Å²) in [4.78, 5) is -0.113. The molecule has 0 spiro atoms. The van der Waals surface area contributed by atoms with E-state index in [-0.39, 0.29) is 15.4 Å². The first kappa shape index (κ1) is 15.5. The molecule has 0 amide bonds. The maximum Gasteiger partial charge on any atom is 0.348 e. The molecule has 1 saturated heterocycles. The summed E-state index contributed by atoms with van der Waals surface area (Å²) in [5.41, 5.74) is 0. The van der Waals surface area contributed by atoms with Crippen LogP contribution < -0.4 is 5.32 Å². The molecule has 0 bridgehead atoms. The van der Waals surface area contributed by atoms with Crippen molar-refractivity contribution in [3.8, 4) is 0 Å². The molecule has 4 nitrogen and oxygen atoms in total. The van der Waals surface area contributed by atoms with Crippen molar-refractivity contribution in [3.63, 3.8) is 0 Å². The summed E-state index contributed by atoms with van der Waals surface area (Å²) >= 11 is 1.77. The second-order valence-electron chi connectivity index (χ2n) is 5.14. The molecule has 0 aromatic heterocycles. The number of hydrogen-bond acceptors (Lipinski definition) is 5. The third kappa shape index (κ3) is 3.48. The van der Waals surface area contributed by atoms with Gasteiger partial charge in [-0.2, -0.15) is 0 Å². The summed E-state index contributed by atoms with van der Waals surface area (Å²) in [6.07, 6.45) is 0. The van der Waals surface area contributed by atoms with Gasteiger partial charge in [0.2, 0.25) is 0 Å². The largest absolute Gasteiger partial charge is 0.348 e. The minimum atomic E-state index is -3.10. The van der Waals surface area contributed by atoms with Crippen molar-refractivity contribution >= 4 is 19.4 Å². The van der Waals surface area contributed by atoms with Crippen LogP contribution in [0.5, 0.6) is 0 Å². The van der Waals surface area contributed by atoms with Gasteiger partial charge in [-0.1, -0.05) is 0 Å². The molecule has 1 atom stereocenters. The SMILES string of the molecule is CCOP(=O)(OCC)C1NC(C)(C)SC1(C)C. The van der Waals surface area contributed by atoms with Gasteiger partial charge in [0.1, 0.15) is 5.78 Å². The Kier molecular flexibility index (Phi) is 4.76. The van der Waals surface area contributed by atoms with E-state index in [2.05, 4.69) is 33.0 Å². The molecule has 1 N–H and O–H groups in total. The van der Waals surface area contributed by atoms with Crippen molar-refractivity contribution in [2.24, 2.45) is 0 Å². The van der Waals surface area contributed by atoms with Gasteiger partial charge in [-0.05, 0) is 41.5 Å². The number of nitrogens with one attached hydrogen (secondary N) is 1. The number of rotatable bonds is 5. The van der Waals surface area contributed by atoms with E-state index in [0.29, 0.717) is 13.2 Å². The van der Waals surface area contributed by atoms with Gasteiger partial charge < -0.3 is 9.05 Å². The summed E-state index contributed by atoms with van der Waals surface area (Å²) < 4.78 is 23.5. The first-order chi connectivity index (χ1) is 7.67. The van der Waals surface area contributed by atoms with Gasteiger partial charge in [0, 0.05) is 4.75 Å². The van der Waals surface area contributed by atoms with Crippen LogP contribution in [-0.2, 0) is 13.6 Å². The molecule has 1 aliphatic rings. The molecule has 1 aliphatic heterocycles. The fourth-order valence-corrected chi connectivity index (χ4v) is 6.88. The molecule has 102 valence electrons. The number of thioether (sulfide) groups is 1. The van der Waals surface area contributed by atoms with Crippen molar-refractivity contribution in [1.29, 1.82) is 0 Å². The lowest BCUT2D eigenvalue weighted by Gasteiger charge is -2.31. The maximum absolute atomic E-state index is 12.8. The van der Waals surface area contributed by atoms with Crippen LogP contribution in [-0.4, -0.2) is 28.6 Å². The molecule has 1 fully saturated rings. The fourth-order valence-electron chi connectivity index (χ4n) is 2.25. The molecular formula is C11H24NO3PS. The van der Waals surface area contributed by atoms with E-state index in [1.54, 1.807) is 11.8 Å². The zero-order valence-electron chi connectivity index (χ0n) is 11.6. The molecule has 1 heterocycles. The molecule has 17 heavy (non-hydrogen) atoms.